The van der Waals surface area contributed by atoms with Gasteiger partial charge in [0.15, 0.2) is 5.75 Å². The number of anilines is 1. The number of methoxy groups -OCH3 is 1. The number of nitrogens with zero attached hydrogens (tertiary/aromatic N) is 2. The van der Waals surface area contributed by atoms with E-state index in [1.165, 1.54) is 19.2 Å². The van der Waals surface area contributed by atoms with Gasteiger partial charge in [0.25, 0.3) is 0 Å². The van der Waals surface area contributed by atoms with Crippen molar-refractivity contribution >= 4 is 23.2 Å². The molecule has 0 unspecified atom stereocenters. The number of benzene rings is 1. The van der Waals surface area contributed by atoms with E-state index in [2.05, 4.69) is 10.6 Å². The zero-order valence-corrected chi connectivity index (χ0v) is 15.1. The fourth-order valence-corrected chi connectivity index (χ4v) is 2.22. The van der Waals surface area contributed by atoms with Crippen LogP contribution in [0.1, 0.15) is 19.4 Å². The summed E-state index contributed by atoms with van der Waals surface area (Å²) in [6.45, 7) is 5.46. The molecule has 0 atom stereocenters. The van der Waals surface area contributed by atoms with E-state index >= 15 is 0 Å². The zero-order valence-electron chi connectivity index (χ0n) is 15.1. The molecule has 0 saturated heterocycles. The molecule has 2 amide bonds. The zero-order chi connectivity index (χ0) is 19.1. The standard InChI is InChI=1S/C16H24N4O5/c1-10(2)17-15(21)8-19(4)9-16(22)18-12-7-14(25-5)13(20(23)24)6-11(12)3/h6-7,10H,8-9H2,1-5H3,(H,17,21)(H,18,22). The smallest absolute Gasteiger partial charge is 0.311 e. The molecule has 25 heavy (non-hydrogen) atoms. The number of amides is 2. The van der Waals surface area contributed by atoms with Gasteiger partial charge in [0, 0.05) is 23.9 Å². The first-order valence-corrected chi connectivity index (χ1v) is 7.74. The highest BCUT2D eigenvalue weighted by Crippen LogP contribution is 2.32. The SMILES string of the molecule is COc1cc(NC(=O)CN(C)CC(=O)NC(C)C)c(C)cc1[N+](=O)[O-]. The molecule has 0 aromatic heterocycles. The summed E-state index contributed by atoms with van der Waals surface area (Å²) >= 11 is 0. The number of hydrogen-bond acceptors (Lipinski definition) is 6. The Kier molecular flexibility index (Phi) is 7.31. The molecule has 2 N–H and O–H groups in total. The van der Waals surface area contributed by atoms with Crippen LogP contribution in [0.5, 0.6) is 5.75 Å². The minimum atomic E-state index is -0.543. The van der Waals surface area contributed by atoms with Crippen molar-refractivity contribution < 1.29 is 19.2 Å². The van der Waals surface area contributed by atoms with Crippen LogP contribution in [0.2, 0.25) is 0 Å². The summed E-state index contributed by atoms with van der Waals surface area (Å²) in [6.07, 6.45) is 0. The van der Waals surface area contributed by atoms with E-state index in [-0.39, 0.29) is 42.4 Å². The van der Waals surface area contributed by atoms with Crippen molar-refractivity contribution in [1.82, 2.24) is 10.2 Å². The molecule has 1 aromatic carbocycles. The van der Waals surface area contributed by atoms with E-state index in [1.54, 1.807) is 18.9 Å². The van der Waals surface area contributed by atoms with Gasteiger partial charge >= 0.3 is 5.69 Å². The summed E-state index contributed by atoms with van der Waals surface area (Å²) < 4.78 is 5.00. The molecule has 0 aliphatic heterocycles. The van der Waals surface area contributed by atoms with Crippen molar-refractivity contribution in [2.75, 3.05) is 32.6 Å². The number of ether oxygens (including phenoxy) is 1. The van der Waals surface area contributed by atoms with Crippen molar-refractivity contribution in [3.8, 4) is 5.75 Å². The number of nitro groups is 1. The van der Waals surface area contributed by atoms with Crippen LogP contribution in [-0.4, -0.2) is 54.9 Å². The van der Waals surface area contributed by atoms with Crippen LogP contribution in [0.4, 0.5) is 11.4 Å². The Labute approximate surface area is 146 Å². The fourth-order valence-electron chi connectivity index (χ4n) is 2.22. The summed E-state index contributed by atoms with van der Waals surface area (Å²) in [5.41, 5.74) is 0.800. The second-order valence-electron chi connectivity index (χ2n) is 6.04. The molecule has 0 fully saturated rings. The van der Waals surface area contributed by atoms with Crippen LogP contribution in [-0.2, 0) is 9.59 Å². The molecule has 0 aliphatic carbocycles. The molecule has 9 heteroatoms. The second-order valence-corrected chi connectivity index (χ2v) is 6.04. The molecule has 0 heterocycles. The Bertz CT molecular complexity index is 660. The molecule has 0 radical (unpaired) electrons. The minimum absolute atomic E-state index is 0.00422. The largest absolute Gasteiger partial charge is 0.490 e. The lowest BCUT2D eigenvalue weighted by molar-refractivity contribution is -0.385. The van der Waals surface area contributed by atoms with Gasteiger partial charge in [-0.05, 0) is 33.4 Å². The lowest BCUT2D eigenvalue weighted by Crippen LogP contribution is -2.41. The molecule has 9 nitrogen and oxygen atoms in total. The molecular weight excluding hydrogens is 328 g/mol. The van der Waals surface area contributed by atoms with Crippen LogP contribution < -0.4 is 15.4 Å². The van der Waals surface area contributed by atoms with Crippen molar-refractivity contribution in [3.05, 3.63) is 27.8 Å². The topological polar surface area (TPSA) is 114 Å². The summed E-state index contributed by atoms with van der Waals surface area (Å²) in [4.78, 5) is 35.8. The highest BCUT2D eigenvalue weighted by molar-refractivity contribution is 5.93. The predicted molar refractivity (Wildman–Crippen MR) is 93.8 cm³/mol. The third-order valence-electron chi connectivity index (χ3n) is 3.27. The lowest BCUT2D eigenvalue weighted by atomic mass is 10.1. The number of rotatable bonds is 8. The number of hydrogen-bond donors (Lipinski definition) is 2. The van der Waals surface area contributed by atoms with Crippen molar-refractivity contribution in [2.45, 2.75) is 26.8 Å². The van der Waals surface area contributed by atoms with Gasteiger partial charge in [-0.15, -0.1) is 0 Å². The lowest BCUT2D eigenvalue weighted by Gasteiger charge is -2.17. The number of nitro benzene ring substituents is 1. The van der Waals surface area contributed by atoms with Gasteiger partial charge in [-0.2, -0.15) is 0 Å². The monoisotopic (exact) mass is 352 g/mol. The van der Waals surface area contributed by atoms with E-state index in [9.17, 15) is 19.7 Å². The molecule has 138 valence electrons. The third kappa shape index (κ3) is 6.38. The third-order valence-corrected chi connectivity index (χ3v) is 3.27. The first-order valence-electron chi connectivity index (χ1n) is 7.74. The molecule has 1 rings (SSSR count). The Morgan fingerprint density at radius 3 is 2.40 bits per heavy atom. The Balaban J connectivity index is 2.74. The fraction of sp³-hybridized carbons (Fsp3) is 0.500. The average molecular weight is 352 g/mol. The van der Waals surface area contributed by atoms with E-state index in [1.807, 2.05) is 13.8 Å². The second kappa shape index (κ2) is 8.97. The molecule has 0 bridgehead atoms. The normalized spacial score (nSPS) is 10.7. The first-order chi connectivity index (χ1) is 11.6. The van der Waals surface area contributed by atoms with Crippen LogP contribution in [0.3, 0.4) is 0 Å². The summed E-state index contributed by atoms with van der Waals surface area (Å²) in [5, 5.41) is 16.4. The molecule has 0 aliphatic rings. The first kappa shape index (κ1) is 20.4. The Morgan fingerprint density at radius 1 is 1.28 bits per heavy atom. The van der Waals surface area contributed by atoms with E-state index in [0.29, 0.717) is 11.3 Å². The van der Waals surface area contributed by atoms with Gasteiger partial charge in [0.2, 0.25) is 11.8 Å². The van der Waals surface area contributed by atoms with Gasteiger partial charge in [-0.1, -0.05) is 0 Å². The number of aryl methyl sites for hydroxylation is 1. The summed E-state index contributed by atoms with van der Waals surface area (Å²) in [5.74, 6) is -0.437. The Hall–Kier alpha value is -2.68. The predicted octanol–water partition coefficient (Wildman–Crippen LogP) is 1.31. The quantitative estimate of drug-likeness (QED) is 0.538. The highest BCUT2D eigenvalue weighted by Gasteiger charge is 2.19. The number of likely N-dealkylation sites (N-methyl/N-ethyl adjacent to an activating group) is 1. The summed E-state index contributed by atoms with van der Waals surface area (Å²) in [6, 6.07) is 2.79. The minimum Gasteiger partial charge on any atom is -0.490 e. The number of nitrogens with one attached hydrogen (secondary N) is 2. The summed E-state index contributed by atoms with van der Waals surface area (Å²) in [7, 11) is 2.98. The molecular formula is C16H24N4O5. The van der Waals surface area contributed by atoms with Gasteiger partial charge in [0.1, 0.15) is 0 Å². The van der Waals surface area contributed by atoms with Crippen LogP contribution in [0.15, 0.2) is 12.1 Å². The van der Waals surface area contributed by atoms with Crippen molar-refractivity contribution in [3.63, 3.8) is 0 Å². The van der Waals surface area contributed by atoms with E-state index < -0.39 is 4.92 Å². The molecule has 0 saturated carbocycles. The van der Waals surface area contributed by atoms with Crippen LogP contribution in [0.25, 0.3) is 0 Å². The maximum atomic E-state index is 12.1. The number of carbonyl (C=O) groups excluding carboxylic acids is 2. The molecule has 1 aromatic rings. The van der Waals surface area contributed by atoms with Gasteiger partial charge in [-0.25, -0.2) is 0 Å². The number of carbonyl (C=O) groups is 2. The Morgan fingerprint density at radius 2 is 1.88 bits per heavy atom. The van der Waals surface area contributed by atoms with Crippen LogP contribution in [0, 0.1) is 17.0 Å². The van der Waals surface area contributed by atoms with E-state index in [0.717, 1.165) is 0 Å². The maximum Gasteiger partial charge on any atom is 0.311 e. The van der Waals surface area contributed by atoms with Gasteiger partial charge in [0.05, 0.1) is 25.1 Å². The van der Waals surface area contributed by atoms with Crippen molar-refractivity contribution in [1.29, 1.82) is 0 Å². The van der Waals surface area contributed by atoms with Crippen LogP contribution >= 0.6 is 0 Å². The van der Waals surface area contributed by atoms with Gasteiger partial charge < -0.3 is 15.4 Å². The average Bonchev–Trinajstić information content (AvgIpc) is 2.47. The van der Waals surface area contributed by atoms with Gasteiger partial charge in [-0.3, -0.25) is 24.6 Å². The highest BCUT2D eigenvalue weighted by atomic mass is 16.6. The maximum absolute atomic E-state index is 12.1. The van der Waals surface area contributed by atoms with Crippen molar-refractivity contribution in [2.24, 2.45) is 0 Å². The van der Waals surface area contributed by atoms with E-state index in [4.69, 9.17) is 4.74 Å². The molecule has 0 spiro atoms.